The molecule has 8 nitrogen and oxygen atoms in total. The SMILES string of the molecule is CCc1nc2nc(Br)ccc2n1Cc1ccc2oc(-c3ccccc3-c3nnn(C(c4ccccc4)(c4ccccc4)c4ccccc4)n3)c(Br)c2c1. The van der Waals surface area contributed by atoms with Crippen LogP contribution in [0.4, 0.5) is 0 Å². The molecule has 4 heterocycles. The number of hydrogen-bond donors (Lipinski definition) is 0. The summed E-state index contributed by atoms with van der Waals surface area (Å²) >= 11 is 7.40. The van der Waals surface area contributed by atoms with Crippen molar-refractivity contribution in [2.24, 2.45) is 0 Å². The maximum Gasteiger partial charge on any atom is 0.205 e. The Bertz CT molecular complexity index is 2630. The van der Waals surface area contributed by atoms with Crippen LogP contribution in [0.15, 0.2) is 159 Å². The monoisotopic (exact) mass is 819 g/mol. The standard InChI is InChI=1S/C43H31Br2N7O/c1-2-38-47-42-35(23-25-37(44)46-42)51(38)27-28-22-24-36-34(26-28)39(45)40(53-36)32-20-12-13-21-33(32)41-48-50-52(49-41)43(29-14-6-3-7-15-29,30-16-8-4-9-17-30)31-18-10-5-11-19-31/h3-26H,2,27H2,1H3. The molecule has 0 atom stereocenters. The van der Waals surface area contributed by atoms with Gasteiger partial charge in [0.1, 0.15) is 21.8 Å². The second-order valence-electron chi connectivity index (χ2n) is 12.8. The molecule has 9 aromatic rings. The van der Waals surface area contributed by atoms with E-state index in [2.05, 4.69) is 103 Å². The van der Waals surface area contributed by atoms with Crippen molar-refractivity contribution < 1.29 is 4.42 Å². The van der Waals surface area contributed by atoms with Crippen molar-refractivity contribution in [3.05, 3.63) is 183 Å². The predicted molar refractivity (Wildman–Crippen MR) is 214 cm³/mol. The molecule has 0 spiro atoms. The van der Waals surface area contributed by atoms with E-state index in [1.54, 1.807) is 4.80 Å². The zero-order valence-corrected chi connectivity index (χ0v) is 31.7. The Morgan fingerprint density at radius 2 is 1.30 bits per heavy atom. The average molecular weight is 822 g/mol. The number of pyridine rings is 1. The van der Waals surface area contributed by atoms with Crippen molar-refractivity contribution in [2.45, 2.75) is 25.4 Å². The van der Waals surface area contributed by atoms with Gasteiger partial charge in [-0.25, -0.2) is 9.97 Å². The Balaban J connectivity index is 1.14. The van der Waals surface area contributed by atoms with Gasteiger partial charge in [0.15, 0.2) is 11.2 Å². The van der Waals surface area contributed by atoms with Crippen LogP contribution in [-0.4, -0.2) is 34.7 Å². The lowest BCUT2D eigenvalue weighted by Crippen LogP contribution is -2.39. The maximum absolute atomic E-state index is 6.58. The molecule has 10 heteroatoms. The summed E-state index contributed by atoms with van der Waals surface area (Å²) in [4.78, 5) is 11.1. The van der Waals surface area contributed by atoms with E-state index in [-0.39, 0.29) is 0 Å². The number of fused-ring (bicyclic) bond motifs is 2. The first-order valence-electron chi connectivity index (χ1n) is 17.3. The van der Waals surface area contributed by atoms with Crippen LogP contribution in [0, 0.1) is 0 Å². The first-order valence-corrected chi connectivity index (χ1v) is 18.9. The Labute approximate surface area is 322 Å². The van der Waals surface area contributed by atoms with Crippen LogP contribution >= 0.6 is 31.9 Å². The number of hydrogen-bond acceptors (Lipinski definition) is 6. The summed E-state index contributed by atoms with van der Waals surface area (Å²) in [6.07, 6.45) is 0.800. The quantitative estimate of drug-likeness (QED) is 0.106. The van der Waals surface area contributed by atoms with Crippen LogP contribution in [0.25, 0.3) is 44.8 Å². The predicted octanol–water partition coefficient (Wildman–Crippen LogP) is 10.5. The minimum Gasteiger partial charge on any atom is -0.455 e. The van der Waals surface area contributed by atoms with E-state index in [1.165, 1.54) is 0 Å². The summed E-state index contributed by atoms with van der Waals surface area (Å²) in [6.45, 7) is 2.77. The van der Waals surface area contributed by atoms with E-state index < -0.39 is 5.54 Å². The van der Waals surface area contributed by atoms with E-state index in [1.807, 2.05) is 91.0 Å². The lowest BCUT2D eigenvalue weighted by atomic mass is 9.77. The zero-order valence-electron chi connectivity index (χ0n) is 28.6. The van der Waals surface area contributed by atoms with Crippen molar-refractivity contribution in [1.29, 1.82) is 0 Å². The summed E-state index contributed by atoms with van der Waals surface area (Å²) in [5.41, 5.74) is 7.46. The normalized spacial score (nSPS) is 11.8. The van der Waals surface area contributed by atoms with Gasteiger partial charge in [-0.15, -0.1) is 15.0 Å². The molecule has 0 saturated carbocycles. The van der Waals surface area contributed by atoms with Gasteiger partial charge in [0.05, 0.1) is 9.99 Å². The molecule has 0 radical (unpaired) electrons. The van der Waals surface area contributed by atoms with Gasteiger partial charge in [0.25, 0.3) is 0 Å². The first kappa shape index (κ1) is 33.1. The maximum atomic E-state index is 6.58. The van der Waals surface area contributed by atoms with Gasteiger partial charge in [-0.3, -0.25) is 0 Å². The van der Waals surface area contributed by atoms with Crippen LogP contribution in [-0.2, 0) is 18.5 Å². The van der Waals surface area contributed by atoms with Crippen LogP contribution in [0.5, 0.6) is 0 Å². The third-order valence-electron chi connectivity index (χ3n) is 9.71. The molecule has 4 aromatic heterocycles. The van der Waals surface area contributed by atoms with E-state index in [0.717, 1.165) is 76.8 Å². The highest BCUT2D eigenvalue weighted by molar-refractivity contribution is 9.11. The molecule has 258 valence electrons. The van der Waals surface area contributed by atoms with Crippen molar-refractivity contribution in [1.82, 2.24) is 34.7 Å². The first-order chi connectivity index (χ1) is 26.0. The van der Waals surface area contributed by atoms with Gasteiger partial charge in [-0.05, 0) is 83.6 Å². The molecule has 0 fully saturated rings. The van der Waals surface area contributed by atoms with Gasteiger partial charge >= 0.3 is 0 Å². The van der Waals surface area contributed by atoms with Crippen LogP contribution < -0.4 is 0 Å². The minimum absolute atomic E-state index is 0.486. The summed E-state index contributed by atoms with van der Waals surface area (Å²) in [6, 6.07) is 49.4. The van der Waals surface area contributed by atoms with Gasteiger partial charge in [0, 0.05) is 29.5 Å². The fourth-order valence-corrected chi connectivity index (χ4v) is 8.18. The number of aryl methyl sites for hydroxylation is 1. The van der Waals surface area contributed by atoms with Crippen LogP contribution in [0.1, 0.15) is 35.0 Å². The van der Waals surface area contributed by atoms with Crippen molar-refractivity contribution in [3.63, 3.8) is 0 Å². The molecule has 9 rings (SSSR count). The molecule has 0 aliphatic rings. The Hall–Kier alpha value is -5.71. The van der Waals surface area contributed by atoms with Crippen molar-refractivity contribution >= 4 is 54.0 Å². The molecular formula is C43H31Br2N7O. The Morgan fingerprint density at radius 1 is 0.679 bits per heavy atom. The fourth-order valence-electron chi connectivity index (χ4n) is 7.27. The van der Waals surface area contributed by atoms with Gasteiger partial charge in [-0.2, -0.15) is 0 Å². The highest BCUT2D eigenvalue weighted by atomic mass is 79.9. The lowest BCUT2D eigenvalue weighted by molar-refractivity contribution is 0.396. The molecule has 0 aliphatic carbocycles. The van der Waals surface area contributed by atoms with E-state index in [0.29, 0.717) is 18.1 Å². The summed E-state index contributed by atoms with van der Waals surface area (Å²) in [7, 11) is 0. The third-order valence-corrected chi connectivity index (χ3v) is 10.9. The van der Waals surface area contributed by atoms with E-state index in [9.17, 15) is 0 Å². The summed E-state index contributed by atoms with van der Waals surface area (Å²) < 4.78 is 10.4. The Morgan fingerprint density at radius 3 is 1.94 bits per heavy atom. The molecule has 0 aliphatic heterocycles. The molecule has 0 saturated heterocycles. The van der Waals surface area contributed by atoms with Crippen molar-refractivity contribution in [2.75, 3.05) is 0 Å². The molecule has 53 heavy (non-hydrogen) atoms. The van der Waals surface area contributed by atoms with Crippen molar-refractivity contribution in [3.8, 4) is 22.7 Å². The lowest BCUT2D eigenvalue weighted by Gasteiger charge is -2.34. The number of furan rings is 1. The van der Waals surface area contributed by atoms with Gasteiger partial charge in [0.2, 0.25) is 5.82 Å². The number of nitrogens with zero attached hydrogens (tertiary/aromatic N) is 7. The number of tetrazole rings is 1. The number of rotatable bonds is 9. The van der Waals surface area contributed by atoms with Crippen LogP contribution in [0.3, 0.4) is 0 Å². The third kappa shape index (κ3) is 5.69. The average Bonchev–Trinajstić information content (AvgIpc) is 3.92. The smallest absolute Gasteiger partial charge is 0.205 e. The second-order valence-corrected chi connectivity index (χ2v) is 14.4. The number of halogens is 2. The zero-order chi connectivity index (χ0) is 35.9. The summed E-state index contributed by atoms with van der Waals surface area (Å²) in [5, 5.41) is 15.7. The second kappa shape index (κ2) is 13.7. The molecule has 0 amide bonds. The molecule has 5 aromatic carbocycles. The molecule has 0 unspecified atom stereocenters. The van der Waals surface area contributed by atoms with E-state index >= 15 is 0 Å². The highest BCUT2D eigenvalue weighted by Gasteiger charge is 2.41. The molecule has 0 N–H and O–H groups in total. The Kier molecular flexibility index (Phi) is 8.56. The fraction of sp³-hybridized carbons (Fsp3) is 0.0930. The summed E-state index contributed by atoms with van der Waals surface area (Å²) in [5.74, 6) is 2.17. The van der Waals surface area contributed by atoms with Gasteiger partial charge < -0.3 is 8.98 Å². The number of imidazole rings is 1. The molecule has 0 bridgehead atoms. The largest absolute Gasteiger partial charge is 0.455 e. The van der Waals surface area contributed by atoms with E-state index in [4.69, 9.17) is 24.8 Å². The molecular weight excluding hydrogens is 790 g/mol. The van der Waals surface area contributed by atoms with Crippen LogP contribution in [0.2, 0.25) is 0 Å². The topological polar surface area (TPSA) is 87.5 Å². The van der Waals surface area contributed by atoms with Gasteiger partial charge in [-0.1, -0.05) is 128 Å². The number of aromatic nitrogens is 7. The minimum atomic E-state index is -0.884. The highest BCUT2D eigenvalue weighted by Crippen LogP contribution is 2.43. The number of benzene rings is 5.